The van der Waals surface area contributed by atoms with Crippen LogP contribution in [-0.2, 0) is 19.1 Å². The Kier molecular flexibility index (Phi) is 6.84. The van der Waals surface area contributed by atoms with E-state index in [0.717, 1.165) is 0 Å². The molecule has 0 aliphatic carbocycles. The molecule has 0 bridgehead atoms. The predicted molar refractivity (Wildman–Crippen MR) is 51.4 cm³/mol. The van der Waals surface area contributed by atoms with Crippen molar-refractivity contribution in [3.05, 3.63) is 12.7 Å². The van der Waals surface area contributed by atoms with Crippen LogP contribution in [0.25, 0.3) is 0 Å². The quantitative estimate of drug-likeness (QED) is 0.364. The van der Waals surface area contributed by atoms with E-state index in [1.807, 2.05) is 0 Å². The van der Waals surface area contributed by atoms with E-state index in [4.69, 9.17) is 10.5 Å². The molecule has 0 saturated carbocycles. The van der Waals surface area contributed by atoms with Gasteiger partial charge in [-0.2, -0.15) is 10.5 Å². The van der Waals surface area contributed by atoms with Crippen LogP contribution in [0.3, 0.4) is 0 Å². The number of hydrogen-bond donors (Lipinski definition) is 0. The standard InChI is InChI=1S/C10H10N2O4/c1-2-3-8(9(13)15-6-4-11)10(14)16-7-5-12/h2,8H,1,3,6-7H2. The van der Waals surface area contributed by atoms with E-state index in [9.17, 15) is 9.59 Å². The number of esters is 2. The van der Waals surface area contributed by atoms with Crippen LogP contribution < -0.4 is 0 Å². The summed E-state index contributed by atoms with van der Waals surface area (Å²) >= 11 is 0. The Morgan fingerprint density at radius 2 is 1.62 bits per heavy atom. The van der Waals surface area contributed by atoms with Gasteiger partial charge in [-0.05, 0) is 6.42 Å². The molecule has 0 heterocycles. The SMILES string of the molecule is C=CCC(C(=O)OCC#N)C(=O)OCC#N. The van der Waals surface area contributed by atoms with Gasteiger partial charge in [-0.3, -0.25) is 9.59 Å². The third-order valence-electron chi connectivity index (χ3n) is 1.53. The molecule has 0 fully saturated rings. The van der Waals surface area contributed by atoms with E-state index in [-0.39, 0.29) is 6.42 Å². The Bertz CT molecular complexity index is 321. The highest BCUT2D eigenvalue weighted by molar-refractivity contribution is 5.95. The molecule has 16 heavy (non-hydrogen) atoms. The van der Waals surface area contributed by atoms with Gasteiger partial charge in [0.25, 0.3) is 0 Å². The first-order valence-corrected chi connectivity index (χ1v) is 4.35. The zero-order valence-electron chi connectivity index (χ0n) is 8.51. The highest BCUT2D eigenvalue weighted by Gasteiger charge is 2.28. The van der Waals surface area contributed by atoms with Crippen molar-refractivity contribution in [1.29, 1.82) is 10.5 Å². The average Bonchev–Trinajstić information content (AvgIpc) is 2.29. The topological polar surface area (TPSA) is 100 Å². The Morgan fingerprint density at radius 3 is 1.94 bits per heavy atom. The fourth-order valence-electron chi connectivity index (χ4n) is 0.863. The Hall–Kier alpha value is -2.34. The monoisotopic (exact) mass is 222 g/mol. The molecule has 0 amide bonds. The summed E-state index contributed by atoms with van der Waals surface area (Å²) in [4.78, 5) is 22.6. The van der Waals surface area contributed by atoms with Crippen LogP contribution in [0.4, 0.5) is 0 Å². The third-order valence-corrected chi connectivity index (χ3v) is 1.53. The molecule has 0 N–H and O–H groups in total. The number of nitriles is 2. The fraction of sp³-hybridized carbons (Fsp3) is 0.400. The zero-order valence-corrected chi connectivity index (χ0v) is 8.51. The number of ether oxygens (including phenoxy) is 2. The number of allylic oxidation sites excluding steroid dienone is 1. The van der Waals surface area contributed by atoms with Crippen molar-refractivity contribution in [2.75, 3.05) is 13.2 Å². The molecule has 0 aromatic carbocycles. The smallest absolute Gasteiger partial charge is 0.321 e. The van der Waals surface area contributed by atoms with Crippen molar-refractivity contribution in [2.45, 2.75) is 6.42 Å². The second-order valence-electron chi connectivity index (χ2n) is 2.61. The molecular formula is C10H10N2O4. The summed E-state index contributed by atoms with van der Waals surface area (Å²) in [6.07, 6.45) is 1.39. The first-order chi connectivity index (χ1) is 7.67. The lowest BCUT2D eigenvalue weighted by molar-refractivity contribution is -0.160. The van der Waals surface area contributed by atoms with Crippen LogP contribution in [0.1, 0.15) is 6.42 Å². The molecule has 0 atom stereocenters. The number of carbonyl (C=O) groups is 2. The van der Waals surface area contributed by atoms with E-state index >= 15 is 0 Å². The van der Waals surface area contributed by atoms with Crippen molar-refractivity contribution < 1.29 is 19.1 Å². The van der Waals surface area contributed by atoms with Gasteiger partial charge in [-0.15, -0.1) is 6.58 Å². The van der Waals surface area contributed by atoms with Crippen LogP contribution >= 0.6 is 0 Å². The number of hydrogen-bond acceptors (Lipinski definition) is 6. The molecule has 6 nitrogen and oxygen atoms in total. The first-order valence-electron chi connectivity index (χ1n) is 4.35. The van der Waals surface area contributed by atoms with Crippen molar-refractivity contribution in [3.63, 3.8) is 0 Å². The minimum Gasteiger partial charge on any atom is -0.450 e. The van der Waals surface area contributed by atoms with Gasteiger partial charge < -0.3 is 9.47 Å². The third kappa shape index (κ3) is 4.77. The summed E-state index contributed by atoms with van der Waals surface area (Å²) in [5.41, 5.74) is 0. The van der Waals surface area contributed by atoms with E-state index in [1.165, 1.54) is 6.08 Å². The van der Waals surface area contributed by atoms with Crippen LogP contribution in [-0.4, -0.2) is 25.2 Å². The summed E-state index contributed by atoms with van der Waals surface area (Å²) in [5.74, 6) is -2.88. The molecule has 0 radical (unpaired) electrons. The van der Waals surface area contributed by atoms with E-state index in [2.05, 4.69) is 16.1 Å². The second kappa shape index (κ2) is 8.01. The minimum absolute atomic E-state index is 0.0362. The van der Waals surface area contributed by atoms with Crippen molar-refractivity contribution in [2.24, 2.45) is 5.92 Å². The molecule has 0 unspecified atom stereocenters. The first kappa shape index (κ1) is 13.7. The predicted octanol–water partition coefficient (Wildman–Crippen LogP) is 0.312. The number of carbonyl (C=O) groups excluding carboxylic acids is 2. The summed E-state index contributed by atoms with van der Waals surface area (Å²) in [6.45, 7) is 2.52. The lowest BCUT2D eigenvalue weighted by atomic mass is 10.1. The lowest BCUT2D eigenvalue weighted by Gasteiger charge is -2.10. The van der Waals surface area contributed by atoms with Crippen LogP contribution in [0.5, 0.6) is 0 Å². The summed E-state index contributed by atoms with van der Waals surface area (Å²) in [5, 5.41) is 16.4. The summed E-state index contributed by atoms with van der Waals surface area (Å²) in [7, 11) is 0. The molecule has 0 rings (SSSR count). The number of nitrogens with zero attached hydrogens (tertiary/aromatic N) is 2. The van der Waals surface area contributed by atoms with Gasteiger partial charge in [-0.25, -0.2) is 0 Å². The maximum absolute atomic E-state index is 11.3. The zero-order chi connectivity index (χ0) is 12.4. The molecule has 0 aliphatic heterocycles. The summed E-state index contributed by atoms with van der Waals surface area (Å²) < 4.78 is 8.95. The van der Waals surface area contributed by atoms with Crippen molar-refractivity contribution >= 4 is 11.9 Å². The largest absolute Gasteiger partial charge is 0.450 e. The molecular weight excluding hydrogens is 212 g/mol. The average molecular weight is 222 g/mol. The van der Waals surface area contributed by atoms with Crippen LogP contribution in [0.15, 0.2) is 12.7 Å². The van der Waals surface area contributed by atoms with Gasteiger partial charge in [0.1, 0.15) is 12.1 Å². The highest BCUT2D eigenvalue weighted by atomic mass is 16.6. The Morgan fingerprint density at radius 1 is 1.19 bits per heavy atom. The maximum Gasteiger partial charge on any atom is 0.321 e. The molecule has 0 aromatic rings. The van der Waals surface area contributed by atoms with Gasteiger partial charge in [0, 0.05) is 0 Å². The van der Waals surface area contributed by atoms with E-state index < -0.39 is 31.1 Å². The normalized spacial score (nSPS) is 8.69. The van der Waals surface area contributed by atoms with Gasteiger partial charge in [0.2, 0.25) is 0 Å². The second-order valence-corrected chi connectivity index (χ2v) is 2.61. The highest BCUT2D eigenvalue weighted by Crippen LogP contribution is 2.09. The molecule has 6 heteroatoms. The maximum atomic E-state index is 11.3. The van der Waals surface area contributed by atoms with Crippen LogP contribution in [0.2, 0.25) is 0 Å². The Balaban J connectivity index is 4.42. The van der Waals surface area contributed by atoms with Crippen molar-refractivity contribution in [3.8, 4) is 12.1 Å². The van der Waals surface area contributed by atoms with Gasteiger partial charge in [0.05, 0.1) is 0 Å². The van der Waals surface area contributed by atoms with Gasteiger partial charge in [0.15, 0.2) is 19.1 Å². The molecule has 84 valence electrons. The van der Waals surface area contributed by atoms with Gasteiger partial charge in [-0.1, -0.05) is 6.08 Å². The molecule has 0 spiro atoms. The Labute approximate surface area is 92.7 Å². The van der Waals surface area contributed by atoms with Gasteiger partial charge >= 0.3 is 11.9 Å². The van der Waals surface area contributed by atoms with Crippen LogP contribution in [0, 0.1) is 28.6 Å². The fourth-order valence-corrected chi connectivity index (χ4v) is 0.863. The summed E-state index contributed by atoms with van der Waals surface area (Å²) in [6, 6.07) is 3.21. The molecule has 0 aromatic heterocycles. The molecule has 0 saturated heterocycles. The van der Waals surface area contributed by atoms with E-state index in [0.29, 0.717) is 0 Å². The number of rotatable bonds is 6. The minimum atomic E-state index is -1.17. The molecule has 0 aliphatic rings. The van der Waals surface area contributed by atoms with E-state index in [1.54, 1.807) is 12.1 Å². The van der Waals surface area contributed by atoms with Crippen molar-refractivity contribution in [1.82, 2.24) is 0 Å². The lowest BCUT2D eigenvalue weighted by Crippen LogP contribution is -2.27.